The van der Waals surface area contributed by atoms with Crippen LogP contribution in [0.4, 0.5) is 4.79 Å². The van der Waals surface area contributed by atoms with Crippen molar-refractivity contribution < 1.29 is 14.3 Å². The number of halogens is 1. The van der Waals surface area contributed by atoms with Gasteiger partial charge in [0.25, 0.3) is 5.91 Å². The summed E-state index contributed by atoms with van der Waals surface area (Å²) in [5, 5.41) is 8.12. The highest BCUT2D eigenvalue weighted by molar-refractivity contribution is 9.10. The first-order chi connectivity index (χ1) is 12.4. The van der Waals surface area contributed by atoms with Crippen LogP contribution in [-0.4, -0.2) is 51.8 Å². The number of aromatic amines is 1. The zero-order chi connectivity index (χ0) is 18.8. The summed E-state index contributed by atoms with van der Waals surface area (Å²) in [6.45, 7) is 5.70. The fourth-order valence-electron chi connectivity index (χ4n) is 3.16. The zero-order valence-corrected chi connectivity index (χ0v) is 16.4. The normalized spacial score (nSPS) is 15.6. The first kappa shape index (κ1) is 18.6. The van der Waals surface area contributed by atoms with Crippen molar-refractivity contribution in [1.82, 2.24) is 20.1 Å². The molecule has 140 valence electrons. The largest absolute Gasteiger partial charge is 0.449 e. The number of rotatable bonds is 4. The van der Waals surface area contributed by atoms with Gasteiger partial charge >= 0.3 is 6.09 Å². The third kappa shape index (κ3) is 3.82. The maximum absolute atomic E-state index is 12.1. The van der Waals surface area contributed by atoms with E-state index in [0.29, 0.717) is 35.7 Å². The number of pyridine rings is 1. The predicted molar refractivity (Wildman–Crippen MR) is 99.8 cm³/mol. The third-order valence-electron chi connectivity index (χ3n) is 4.47. The highest BCUT2D eigenvalue weighted by atomic mass is 79.9. The van der Waals surface area contributed by atoms with Crippen molar-refractivity contribution in [2.75, 3.05) is 19.7 Å². The second-order valence-corrected chi connectivity index (χ2v) is 7.74. The average Bonchev–Trinajstić information content (AvgIpc) is 3.02. The molecular formula is C17H22BrN5O3. The second kappa shape index (κ2) is 7.61. The van der Waals surface area contributed by atoms with Gasteiger partial charge in [-0.1, -0.05) is 13.8 Å². The Labute approximate surface area is 159 Å². The molecule has 8 nitrogen and oxygen atoms in total. The fraction of sp³-hybridized carbons (Fsp3) is 0.529. The molecule has 1 aliphatic rings. The number of hydrogen-bond acceptors (Lipinski definition) is 5. The number of aromatic nitrogens is 3. The summed E-state index contributed by atoms with van der Waals surface area (Å²) in [5.41, 5.74) is 6.97. The van der Waals surface area contributed by atoms with Crippen LogP contribution in [0.2, 0.25) is 0 Å². The van der Waals surface area contributed by atoms with Gasteiger partial charge in [-0.15, -0.1) is 0 Å². The van der Waals surface area contributed by atoms with Gasteiger partial charge in [0.05, 0.1) is 6.61 Å². The molecule has 0 aromatic carbocycles. The quantitative estimate of drug-likeness (QED) is 0.733. The Morgan fingerprint density at radius 2 is 2.12 bits per heavy atom. The van der Waals surface area contributed by atoms with Gasteiger partial charge in [-0.3, -0.25) is 9.89 Å². The molecule has 2 amide bonds. The molecule has 0 spiro atoms. The molecule has 0 unspecified atom stereocenters. The van der Waals surface area contributed by atoms with E-state index in [-0.39, 0.29) is 17.7 Å². The molecule has 1 saturated heterocycles. The van der Waals surface area contributed by atoms with Crippen molar-refractivity contribution in [2.24, 2.45) is 11.7 Å². The Bertz CT molecular complexity index is 827. The monoisotopic (exact) mass is 423 g/mol. The van der Waals surface area contributed by atoms with Crippen LogP contribution in [0.5, 0.6) is 0 Å². The van der Waals surface area contributed by atoms with Crippen molar-refractivity contribution in [3.05, 3.63) is 22.1 Å². The van der Waals surface area contributed by atoms with Gasteiger partial charge in [0.15, 0.2) is 5.69 Å². The van der Waals surface area contributed by atoms with Crippen LogP contribution in [0.1, 0.15) is 48.8 Å². The van der Waals surface area contributed by atoms with E-state index >= 15 is 0 Å². The van der Waals surface area contributed by atoms with Crippen molar-refractivity contribution >= 4 is 38.8 Å². The zero-order valence-electron chi connectivity index (χ0n) is 14.8. The Kier molecular flexibility index (Phi) is 5.45. The molecule has 3 N–H and O–H groups in total. The number of carbonyl (C=O) groups excluding carboxylic acids is 2. The van der Waals surface area contributed by atoms with Crippen molar-refractivity contribution in [3.8, 4) is 0 Å². The number of carbonyl (C=O) groups is 2. The molecular weight excluding hydrogens is 402 g/mol. The SMILES string of the molecule is CC(C)COC(=O)N1CCC(c2[nH]nc3c(C(N)=O)nc(Br)cc23)CC1. The predicted octanol–water partition coefficient (Wildman–Crippen LogP) is 2.79. The highest BCUT2D eigenvalue weighted by Crippen LogP contribution is 2.33. The van der Waals surface area contributed by atoms with Crippen LogP contribution >= 0.6 is 15.9 Å². The van der Waals surface area contributed by atoms with E-state index in [4.69, 9.17) is 10.5 Å². The standard InChI is InChI=1S/C17H22BrN5O3/c1-9(2)8-26-17(25)23-5-3-10(4-6-23)13-11-7-12(18)20-15(16(19)24)14(11)22-21-13/h7,9-10H,3-6,8H2,1-2H3,(H2,19,24)(H,21,22). The van der Waals surface area contributed by atoms with Crippen molar-refractivity contribution in [2.45, 2.75) is 32.6 Å². The molecule has 26 heavy (non-hydrogen) atoms. The fourth-order valence-corrected chi connectivity index (χ4v) is 3.57. The van der Waals surface area contributed by atoms with Gasteiger partial charge in [-0.05, 0) is 40.8 Å². The average molecular weight is 424 g/mol. The van der Waals surface area contributed by atoms with Gasteiger partial charge in [0.1, 0.15) is 10.1 Å². The molecule has 0 atom stereocenters. The van der Waals surface area contributed by atoms with Crippen LogP contribution in [0, 0.1) is 5.92 Å². The lowest BCUT2D eigenvalue weighted by Crippen LogP contribution is -2.38. The van der Waals surface area contributed by atoms with Crippen LogP contribution < -0.4 is 5.73 Å². The number of likely N-dealkylation sites (tertiary alicyclic amines) is 1. The summed E-state index contributed by atoms with van der Waals surface area (Å²) in [5.74, 6) is -0.0828. The summed E-state index contributed by atoms with van der Waals surface area (Å²) >= 11 is 3.32. The molecule has 2 aromatic heterocycles. The Hall–Kier alpha value is -2.16. The van der Waals surface area contributed by atoms with E-state index < -0.39 is 5.91 Å². The number of nitrogens with zero attached hydrogens (tertiary/aromatic N) is 3. The van der Waals surface area contributed by atoms with Gasteiger partial charge < -0.3 is 15.4 Å². The number of piperidine rings is 1. The van der Waals surface area contributed by atoms with Gasteiger partial charge in [0, 0.05) is 30.1 Å². The Balaban J connectivity index is 1.74. The first-order valence-corrected chi connectivity index (χ1v) is 9.42. The molecule has 3 heterocycles. The molecule has 3 rings (SSSR count). The summed E-state index contributed by atoms with van der Waals surface area (Å²) in [6, 6.07) is 1.84. The highest BCUT2D eigenvalue weighted by Gasteiger charge is 2.28. The minimum absolute atomic E-state index is 0.145. The number of H-pyrrole nitrogens is 1. The number of hydrogen-bond donors (Lipinski definition) is 2. The number of nitrogens with one attached hydrogen (secondary N) is 1. The molecule has 0 saturated carbocycles. The summed E-state index contributed by atoms with van der Waals surface area (Å²) in [6.07, 6.45) is 1.33. The summed E-state index contributed by atoms with van der Waals surface area (Å²) in [7, 11) is 0. The van der Waals surface area contributed by atoms with E-state index in [9.17, 15) is 9.59 Å². The third-order valence-corrected chi connectivity index (χ3v) is 4.88. The smallest absolute Gasteiger partial charge is 0.409 e. The Morgan fingerprint density at radius 1 is 1.42 bits per heavy atom. The van der Waals surface area contributed by atoms with Crippen molar-refractivity contribution in [3.63, 3.8) is 0 Å². The number of primary amides is 1. The molecule has 1 fully saturated rings. The lowest BCUT2D eigenvalue weighted by molar-refractivity contribution is 0.0833. The molecule has 9 heteroatoms. The topological polar surface area (TPSA) is 114 Å². The van der Waals surface area contributed by atoms with E-state index in [1.165, 1.54) is 0 Å². The molecule has 1 aliphatic heterocycles. The van der Waals surface area contributed by atoms with E-state index in [2.05, 4.69) is 31.1 Å². The molecule has 0 aliphatic carbocycles. The lowest BCUT2D eigenvalue weighted by atomic mass is 9.92. The molecule has 0 radical (unpaired) electrons. The minimum atomic E-state index is -0.614. The number of amides is 2. The maximum Gasteiger partial charge on any atom is 0.409 e. The van der Waals surface area contributed by atoms with Gasteiger partial charge in [-0.2, -0.15) is 5.10 Å². The maximum atomic E-state index is 12.1. The van der Waals surface area contributed by atoms with Crippen LogP contribution in [-0.2, 0) is 4.74 Å². The minimum Gasteiger partial charge on any atom is -0.449 e. The molecule has 2 aromatic rings. The lowest BCUT2D eigenvalue weighted by Gasteiger charge is -2.31. The number of nitrogens with two attached hydrogens (primary N) is 1. The van der Waals surface area contributed by atoms with E-state index in [1.54, 1.807) is 4.90 Å². The van der Waals surface area contributed by atoms with E-state index in [1.807, 2.05) is 19.9 Å². The second-order valence-electron chi connectivity index (χ2n) is 6.92. The first-order valence-electron chi connectivity index (χ1n) is 8.62. The molecule has 0 bridgehead atoms. The van der Waals surface area contributed by atoms with Gasteiger partial charge in [0.2, 0.25) is 0 Å². The van der Waals surface area contributed by atoms with Crippen LogP contribution in [0.25, 0.3) is 10.9 Å². The van der Waals surface area contributed by atoms with Gasteiger partial charge in [-0.25, -0.2) is 9.78 Å². The Morgan fingerprint density at radius 3 is 2.73 bits per heavy atom. The van der Waals surface area contributed by atoms with Crippen molar-refractivity contribution in [1.29, 1.82) is 0 Å². The number of fused-ring (bicyclic) bond motifs is 1. The summed E-state index contributed by atoms with van der Waals surface area (Å²) in [4.78, 5) is 29.6. The van der Waals surface area contributed by atoms with E-state index in [0.717, 1.165) is 23.9 Å². The van der Waals surface area contributed by atoms with Crippen LogP contribution in [0.3, 0.4) is 0 Å². The summed E-state index contributed by atoms with van der Waals surface area (Å²) < 4.78 is 5.84. The van der Waals surface area contributed by atoms with Crippen LogP contribution in [0.15, 0.2) is 10.7 Å². The number of ether oxygens (including phenoxy) is 1.